The van der Waals surface area contributed by atoms with E-state index in [9.17, 15) is 5.11 Å². The monoisotopic (exact) mass is 250 g/mol. The second-order valence-electron chi connectivity index (χ2n) is 3.84. The van der Waals surface area contributed by atoms with Crippen molar-refractivity contribution in [1.82, 2.24) is 0 Å². The van der Waals surface area contributed by atoms with Gasteiger partial charge in [0.05, 0.1) is 6.21 Å². The molecule has 94 valence electrons. The third kappa shape index (κ3) is 4.24. The summed E-state index contributed by atoms with van der Waals surface area (Å²) in [6.07, 6.45) is 6.88. The standard InChI is InChI=1S/C16H14N2O/c19-16-11-5-4-10-15(16)13-18-17-12-6-9-14-7-2-1-3-8-14/h1-13,19H/b9-6+,17-12-,18-13-. The van der Waals surface area contributed by atoms with Crippen molar-refractivity contribution in [2.24, 2.45) is 10.2 Å². The zero-order valence-corrected chi connectivity index (χ0v) is 10.3. The summed E-state index contributed by atoms with van der Waals surface area (Å²) in [5, 5.41) is 17.2. The molecule has 0 saturated heterocycles. The molecule has 0 spiro atoms. The van der Waals surface area contributed by atoms with Gasteiger partial charge in [0.1, 0.15) is 5.75 Å². The van der Waals surface area contributed by atoms with Crippen LogP contribution in [0, 0.1) is 0 Å². The van der Waals surface area contributed by atoms with Crippen molar-refractivity contribution in [3.8, 4) is 5.75 Å². The number of allylic oxidation sites excluding steroid dienone is 1. The molecular formula is C16H14N2O. The van der Waals surface area contributed by atoms with Crippen LogP contribution in [0.5, 0.6) is 5.75 Å². The Morgan fingerprint density at radius 2 is 1.58 bits per heavy atom. The molecular weight excluding hydrogens is 236 g/mol. The second kappa shape index (κ2) is 6.91. The van der Waals surface area contributed by atoms with Crippen LogP contribution in [0.2, 0.25) is 0 Å². The minimum Gasteiger partial charge on any atom is -0.507 e. The predicted molar refractivity (Wildman–Crippen MR) is 79.7 cm³/mol. The third-order valence-electron chi connectivity index (χ3n) is 2.44. The Labute approximate surface area is 112 Å². The molecule has 19 heavy (non-hydrogen) atoms. The smallest absolute Gasteiger partial charge is 0.124 e. The molecule has 0 atom stereocenters. The van der Waals surface area contributed by atoms with Crippen molar-refractivity contribution in [1.29, 1.82) is 0 Å². The highest BCUT2D eigenvalue weighted by Gasteiger charge is 1.93. The van der Waals surface area contributed by atoms with E-state index in [0.29, 0.717) is 5.56 Å². The molecule has 0 aliphatic heterocycles. The van der Waals surface area contributed by atoms with Crippen LogP contribution in [-0.4, -0.2) is 17.5 Å². The molecule has 0 aromatic heterocycles. The van der Waals surface area contributed by atoms with Gasteiger partial charge >= 0.3 is 0 Å². The molecule has 2 aromatic carbocycles. The predicted octanol–water partition coefficient (Wildman–Crippen LogP) is 3.51. The molecule has 0 saturated carbocycles. The average molecular weight is 250 g/mol. The number of phenolic OH excluding ortho intramolecular Hbond substituents is 1. The van der Waals surface area contributed by atoms with E-state index in [-0.39, 0.29) is 5.75 Å². The number of para-hydroxylation sites is 1. The Balaban J connectivity index is 1.91. The van der Waals surface area contributed by atoms with Crippen molar-refractivity contribution in [3.63, 3.8) is 0 Å². The fourth-order valence-corrected chi connectivity index (χ4v) is 1.49. The quantitative estimate of drug-likeness (QED) is 0.655. The van der Waals surface area contributed by atoms with Gasteiger partial charge in [0, 0.05) is 11.8 Å². The minimum atomic E-state index is 0.196. The molecule has 3 heteroatoms. The van der Waals surface area contributed by atoms with Gasteiger partial charge in [-0.1, -0.05) is 48.5 Å². The normalized spacial score (nSPS) is 11.8. The SMILES string of the molecule is Oc1ccccc1\C=N/N=C\C=C\c1ccccc1. The average Bonchev–Trinajstić information content (AvgIpc) is 2.45. The van der Waals surface area contributed by atoms with Crippen LogP contribution >= 0.6 is 0 Å². The summed E-state index contributed by atoms with van der Waals surface area (Å²) in [6.45, 7) is 0. The van der Waals surface area contributed by atoms with E-state index in [1.807, 2.05) is 48.6 Å². The van der Waals surface area contributed by atoms with Gasteiger partial charge in [-0.2, -0.15) is 10.2 Å². The molecule has 2 rings (SSSR count). The zero-order chi connectivity index (χ0) is 13.3. The summed E-state index contributed by atoms with van der Waals surface area (Å²) in [6, 6.07) is 16.9. The maximum absolute atomic E-state index is 9.50. The van der Waals surface area contributed by atoms with Crippen LogP contribution in [-0.2, 0) is 0 Å². The molecule has 0 aliphatic rings. The number of hydrogen-bond donors (Lipinski definition) is 1. The van der Waals surface area contributed by atoms with Crippen LogP contribution in [0.3, 0.4) is 0 Å². The molecule has 0 radical (unpaired) electrons. The number of hydrogen-bond acceptors (Lipinski definition) is 3. The molecule has 0 aliphatic carbocycles. The van der Waals surface area contributed by atoms with E-state index >= 15 is 0 Å². The van der Waals surface area contributed by atoms with Crippen molar-refractivity contribution in [2.45, 2.75) is 0 Å². The van der Waals surface area contributed by atoms with E-state index in [4.69, 9.17) is 0 Å². The molecule has 1 N–H and O–H groups in total. The number of rotatable bonds is 4. The summed E-state index contributed by atoms with van der Waals surface area (Å²) in [4.78, 5) is 0. The number of benzene rings is 2. The Morgan fingerprint density at radius 3 is 2.37 bits per heavy atom. The van der Waals surface area contributed by atoms with E-state index in [1.54, 1.807) is 24.4 Å². The first-order valence-corrected chi connectivity index (χ1v) is 5.92. The van der Waals surface area contributed by atoms with Crippen LogP contribution in [0.15, 0.2) is 70.9 Å². The van der Waals surface area contributed by atoms with E-state index < -0.39 is 0 Å². The van der Waals surface area contributed by atoms with Gasteiger partial charge in [0.15, 0.2) is 0 Å². The van der Waals surface area contributed by atoms with Gasteiger partial charge in [-0.25, -0.2) is 0 Å². The lowest BCUT2D eigenvalue weighted by Gasteiger charge is -1.94. The summed E-state index contributed by atoms with van der Waals surface area (Å²) in [5.74, 6) is 0.196. The summed E-state index contributed by atoms with van der Waals surface area (Å²) < 4.78 is 0. The van der Waals surface area contributed by atoms with Crippen LogP contribution < -0.4 is 0 Å². The van der Waals surface area contributed by atoms with Crippen LogP contribution in [0.1, 0.15) is 11.1 Å². The Kier molecular flexibility index (Phi) is 4.64. The highest BCUT2D eigenvalue weighted by molar-refractivity contribution is 5.84. The van der Waals surface area contributed by atoms with Crippen molar-refractivity contribution < 1.29 is 5.11 Å². The summed E-state index contributed by atoms with van der Waals surface area (Å²) >= 11 is 0. The molecule has 2 aromatic rings. The number of phenols is 1. The fourth-order valence-electron chi connectivity index (χ4n) is 1.49. The van der Waals surface area contributed by atoms with Gasteiger partial charge in [0.2, 0.25) is 0 Å². The first-order chi connectivity index (χ1) is 9.36. The first kappa shape index (κ1) is 12.8. The second-order valence-corrected chi connectivity index (χ2v) is 3.84. The topological polar surface area (TPSA) is 45.0 Å². The summed E-state index contributed by atoms with van der Waals surface area (Å²) in [5.41, 5.74) is 1.75. The van der Waals surface area contributed by atoms with Crippen LogP contribution in [0.4, 0.5) is 0 Å². The summed E-state index contributed by atoms with van der Waals surface area (Å²) in [7, 11) is 0. The minimum absolute atomic E-state index is 0.196. The maximum atomic E-state index is 9.50. The molecule has 3 nitrogen and oxygen atoms in total. The van der Waals surface area contributed by atoms with Gasteiger partial charge in [-0.3, -0.25) is 0 Å². The lowest BCUT2D eigenvalue weighted by molar-refractivity contribution is 0.474. The zero-order valence-electron chi connectivity index (χ0n) is 10.3. The van der Waals surface area contributed by atoms with E-state index in [1.165, 1.54) is 6.21 Å². The highest BCUT2D eigenvalue weighted by atomic mass is 16.3. The van der Waals surface area contributed by atoms with Crippen LogP contribution in [0.25, 0.3) is 6.08 Å². The molecule has 0 amide bonds. The molecule has 0 unspecified atom stereocenters. The Hall–Kier alpha value is -2.68. The van der Waals surface area contributed by atoms with Gasteiger partial charge in [0.25, 0.3) is 0 Å². The largest absolute Gasteiger partial charge is 0.507 e. The number of nitrogens with zero attached hydrogens (tertiary/aromatic N) is 2. The Morgan fingerprint density at radius 1 is 0.842 bits per heavy atom. The molecule has 0 bridgehead atoms. The maximum Gasteiger partial charge on any atom is 0.124 e. The lowest BCUT2D eigenvalue weighted by Crippen LogP contribution is -1.80. The molecule has 0 heterocycles. The third-order valence-corrected chi connectivity index (χ3v) is 2.44. The van der Waals surface area contributed by atoms with E-state index in [2.05, 4.69) is 10.2 Å². The fraction of sp³-hybridized carbons (Fsp3) is 0. The molecule has 0 fully saturated rings. The van der Waals surface area contributed by atoms with E-state index in [0.717, 1.165) is 5.56 Å². The number of aromatic hydroxyl groups is 1. The van der Waals surface area contributed by atoms with Crippen molar-refractivity contribution in [2.75, 3.05) is 0 Å². The highest BCUT2D eigenvalue weighted by Crippen LogP contribution is 2.12. The lowest BCUT2D eigenvalue weighted by atomic mass is 10.2. The first-order valence-electron chi connectivity index (χ1n) is 5.92. The Bertz CT molecular complexity index is 601. The van der Waals surface area contributed by atoms with Gasteiger partial charge < -0.3 is 5.11 Å². The van der Waals surface area contributed by atoms with Crippen molar-refractivity contribution in [3.05, 3.63) is 71.8 Å². The van der Waals surface area contributed by atoms with Gasteiger partial charge in [-0.15, -0.1) is 0 Å². The van der Waals surface area contributed by atoms with Crippen molar-refractivity contribution >= 4 is 18.5 Å². The van der Waals surface area contributed by atoms with Gasteiger partial charge in [-0.05, 0) is 23.8 Å².